The molecule has 1 aliphatic heterocycles. The first kappa shape index (κ1) is 24.1. The number of halogens is 1. The highest BCUT2D eigenvalue weighted by molar-refractivity contribution is 6.32. The SMILES string of the molecule is C=CCc1cc(/C=C2/C(=O)NN(c3ccccc3)C2=O)cc(OCC)c1OCc1ccccc1Cl. The average molecular weight is 489 g/mol. The van der Waals surface area contributed by atoms with Crippen molar-refractivity contribution in [1.82, 2.24) is 5.43 Å². The molecule has 1 N–H and O–H groups in total. The number of nitrogens with zero attached hydrogens (tertiary/aromatic N) is 1. The van der Waals surface area contributed by atoms with Crippen LogP contribution < -0.4 is 19.9 Å². The Kier molecular flexibility index (Phi) is 7.53. The van der Waals surface area contributed by atoms with Crippen LogP contribution in [0.2, 0.25) is 5.02 Å². The second kappa shape index (κ2) is 10.9. The molecule has 1 saturated heterocycles. The van der Waals surface area contributed by atoms with E-state index in [4.69, 9.17) is 21.1 Å². The molecular formula is C28H25ClN2O4. The maximum Gasteiger partial charge on any atom is 0.282 e. The van der Waals surface area contributed by atoms with Crippen molar-refractivity contribution in [3.63, 3.8) is 0 Å². The van der Waals surface area contributed by atoms with Crippen LogP contribution in [0.5, 0.6) is 11.5 Å². The van der Waals surface area contributed by atoms with E-state index in [0.29, 0.717) is 40.8 Å². The van der Waals surface area contributed by atoms with E-state index in [0.717, 1.165) is 11.1 Å². The van der Waals surface area contributed by atoms with Crippen molar-refractivity contribution in [2.45, 2.75) is 20.0 Å². The smallest absolute Gasteiger partial charge is 0.282 e. The Morgan fingerprint density at radius 1 is 1.00 bits per heavy atom. The molecule has 0 radical (unpaired) electrons. The van der Waals surface area contributed by atoms with Gasteiger partial charge in [-0.25, -0.2) is 5.01 Å². The van der Waals surface area contributed by atoms with Gasteiger partial charge in [0.25, 0.3) is 11.8 Å². The third-order valence-corrected chi connectivity index (χ3v) is 5.73. The van der Waals surface area contributed by atoms with E-state index in [2.05, 4.69) is 12.0 Å². The Bertz CT molecular complexity index is 1290. The number of nitrogens with one attached hydrogen (secondary N) is 1. The molecule has 0 spiro atoms. The van der Waals surface area contributed by atoms with Gasteiger partial charge in [0.05, 0.1) is 12.3 Å². The number of hydrogen-bond donors (Lipinski definition) is 1. The molecule has 1 fully saturated rings. The summed E-state index contributed by atoms with van der Waals surface area (Å²) in [6.45, 7) is 6.40. The first-order valence-electron chi connectivity index (χ1n) is 11.2. The number of ether oxygens (including phenoxy) is 2. The van der Waals surface area contributed by atoms with Crippen LogP contribution in [0.3, 0.4) is 0 Å². The summed E-state index contributed by atoms with van der Waals surface area (Å²) in [6, 6.07) is 20.0. The van der Waals surface area contributed by atoms with Gasteiger partial charge in [-0.05, 0) is 55.3 Å². The van der Waals surface area contributed by atoms with E-state index in [1.165, 1.54) is 5.01 Å². The van der Waals surface area contributed by atoms with Crippen LogP contribution in [0.25, 0.3) is 6.08 Å². The highest BCUT2D eigenvalue weighted by Gasteiger charge is 2.34. The van der Waals surface area contributed by atoms with Gasteiger partial charge in [0.15, 0.2) is 11.5 Å². The lowest BCUT2D eigenvalue weighted by Crippen LogP contribution is -2.35. The van der Waals surface area contributed by atoms with Crippen molar-refractivity contribution < 1.29 is 19.1 Å². The van der Waals surface area contributed by atoms with Crippen LogP contribution in [0, 0.1) is 0 Å². The molecule has 178 valence electrons. The average Bonchev–Trinajstić information content (AvgIpc) is 3.14. The number of allylic oxidation sites excluding steroid dienone is 1. The zero-order chi connectivity index (χ0) is 24.8. The molecule has 3 aromatic carbocycles. The van der Waals surface area contributed by atoms with Gasteiger partial charge in [-0.3, -0.25) is 15.0 Å². The van der Waals surface area contributed by atoms with Gasteiger partial charge < -0.3 is 9.47 Å². The zero-order valence-corrected chi connectivity index (χ0v) is 20.0. The monoisotopic (exact) mass is 488 g/mol. The summed E-state index contributed by atoms with van der Waals surface area (Å²) in [5.74, 6) is 0.183. The number of carbonyl (C=O) groups is 2. The number of rotatable bonds is 9. The molecule has 0 aliphatic carbocycles. The molecule has 1 aliphatic rings. The number of anilines is 1. The van der Waals surface area contributed by atoms with Gasteiger partial charge in [-0.15, -0.1) is 6.58 Å². The predicted octanol–water partition coefficient (Wildman–Crippen LogP) is 5.51. The first-order valence-corrected chi connectivity index (χ1v) is 11.6. The van der Waals surface area contributed by atoms with Crippen LogP contribution in [0.15, 0.2) is 85.0 Å². The highest BCUT2D eigenvalue weighted by atomic mass is 35.5. The van der Waals surface area contributed by atoms with Gasteiger partial charge >= 0.3 is 0 Å². The third-order valence-electron chi connectivity index (χ3n) is 5.36. The normalized spacial score (nSPS) is 14.2. The molecule has 0 bridgehead atoms. The van der Waals surface area contributed by atoms with Crippen molar-refractivity contribution in [3.8, 4) is 11.5 Å². The number of carbonyl (C=O) groups excluding carboxylic acids is 2. The quantitative estimate of drug-likeness (QED) is 0.245. The molecule has 0 unspecified atom stereocenters. The minimum absolute atomic E-state index is 0.0330. The Morgan fingerprint density at radius 3 is 2.46 bits per heavy atom. The molecule has 4 rings (SSSR count). The van der Waals surface area contributed by atoms with E-state index in [1.807, 2.05) is 43.3 Å². The summed E-state index contributed by atoms with van der Waals surface area (Å²) in [7, 11) is 0. The second-order valence-corrected chi connectivity index (χ2v) is 8.20. The lowest BCUT2D eigenvalue weighted by atomic mass is 10.0. The van der Waals surface area contributed by atoms with Crippen molar-refractivity contribution in [2.75, 3.05) is 11.6 Å². The van der Waals surface area contributed by atoms with Crippen LogP contribution >= 0.6 is 11.6 Å². The van der Waals surface area contributed by atoms with Crippen LogP contribution in [-0.2, 0) is 22.6 Å². The fourth-order valence-electron chi connectivity index (χ4n) is 3.75. The minimum atomic E-state index is -0.471. The summed E-state index contributed by atoms with van der Waals surface area (Å²) in [5, 5.41) is 1.86. The van der Waals surface area contributed by atoms with E-state index in [9.17, 15) is 9.59 Å². The maximum absolute atomic E-state index is 13.0. The second-order valence-electron chi connectivity index (χ2n) is 7.79. The maximum atomic E-state index is 13.0. The largest absolute Gasteiger partial charge is 0.490 e. The Hall–Kier alpha value is -4.03. The van der Waals surface area contributed by atoms with Crippen LogP contribution in [-0.4, -0.2) is 18.4 Å². The fourth-order valence-corrected chi connectivity index (χ4v) is 3.94. The number of amides is 2. The van der Waals surface area contributed by atoms with Gasteiger partial charge in [0, 0.05) is 16.1 Å². The van der Waals surface area contributed by atoms with Gasteiger partial charge in [0.2, 0.25) is 0 Å². The van der Waals surface area contributed by atoms with E-state index in [-0.39, 0.29) is 12.2 Å². The highest BCUT2D eigenvalue weighted by Crippen LogP contribution is 2.36. The minimum Gasteiger partial charge on any atom is -0.490 e. The third kappa shape index (κ3) is 5.39. The molecule has 7 heteroatoms. The standard InChI is InChI=1S/C28H25ClN2O4/c1-3-10-20-15-19(16-23-27(32)30-31(28(23)33)22-12-6-5-7-13-22)17-25(34-4-2)26(20)35-18-21-11-8-9-14-24(21)29/h3,5-9,11-17H,1,4,10,18H2,2H3,(H,30,32)/b23-16-. The summed E-state index contributed by atoms with van der Waals surface area (Å²) >= 11 is 6.29. The van der Waals surface area contributed by atoms with E-state index < -0.39 is 11.8 Å². The summed E-state index contributed by atoms with van der Waals surface area (Å²) in [6.07, 6.45) is 3.83. The lowest BCUT2D eigenvalue weighted by molar-refractivity contribution is -0.117. The van der Waals surface area contributed by atoms with E-state index >= 15 is 0 Å². The summed E-state index contributed by atoms with van der Waals surface area (Å²) in [5.41, 5.74) is 5.54. The Morgan fingerprint density at radius 2 is 1.74 bits per heavy atom. The molecule has 2 amide bonds. The molecule has 0 saturated carbocycles. The molecule has 35 heavy (non-hydrogen) atoms. The fraction of sp³-hybridized carbons (Fsp3) is 0.143. The van der Waals surface area contributed by atoms with Crippen molar-refractivity contribution in [2.24, 2.45) is 0 Å². The number of para-hydroxylation sites is 1. The number of hydrazine groups is 1. The molecule has 1 heterocycles. The van der Waals surface area contributed by atoms with Gasteiger partial charge in [-0.2, -0.15) is 0 Å². The molecule has 0 atom stereocenters. The zero-order valence-electron chi connectivity index (χ0n) is 19.3. The lowest BCUT2D eigenvalue weighted by Gasteiger charge is -2.17. The summed E-state index contributed by atoms with van der Waals surface area (Å²) < 4.78 is 12.0. The van der Waals surface area contributed by atoms with E-state index in [1.54, 1.807) is 42.5 Å². The van der Waals surface area contributed by atoms with Gasteiger partial charge in [-0.1, -0.05) is 54.1 Å². The molecular weight excluding hydrogens is 464 g/mol. The van der Waals surface area contributed by atoms with Crippen molar-refractivity contribution in [3.05, 3.63) is 107 Å². The topological polar surface area (TPSA) is 67.9 Å². The number of benzene rings is 3. The number of hydrogen-bond acceptors (Lipinski definition) is 4. The molecule has 0 aromatic heterocycles. The molecule has 6 nitrogen and oxygen atoms in total. The Balaban J connectivity index is 1.68. The van der Waals surface area contributed by atoms with Crippen molar-refractivity contribution in [1.29, 1.82) is 0 Å². The van der Waals surface area contributed by atoms with Crippen LogP contribution in [0.1, 0.15) is 23.6 Å². The Labute approximate surface area is 209 Å². The summed E-state index contributed by atoms with van der Waals surface area (Å²) in [4.78, 5) is 25.6. The first-order chi connectivity index (χ1) is 17.0. The van der Waals surface area contributed by atoms with Crippen LogP contribution in [0.4, 0.5) is 5.69 Å². The van der Waals surface area contributed by atoms with Crippen molar-refractivity contribution >= 4 is 35.2 Å². The predicted molar refractivity (Wildman–Crippen MR) is 137 cm³/mol. The molecule has 3 aromatic rings. The van der Waals surface area contributed by atoms with Gasteiger partial charge in [0.1, 0.15) is 12.2 Å².